The molecular formula is C24H37NO3S. The molecular weight excluding hydrogens is 382 g/mol. The van der Waals surface area contributed by atoms with Gasteiger partial charge >= 0.3 is 5.97 Å². The average Bonchev–Trinajstić information content (AvgIpc) is 3.27. The second-order valence-electron chi connectivity index (χ2n) is 9.22. The number of aryl methyl sites for hydroxylation is 1. The van der Waals surface area contributed by atoms with Gasteiger partial charge in [-0.25, -0.2) is 4.98 Å². The minimum absolute atomic E-state index is 0. The molecule has 1 fully saturated rings. The lowest BCUT2D eigenvalue weighted by molar-refractivity contribution is -0.148. The zero-order valence-electron chi connectivity index (χ0n) is 18.3. The summed E-state index contributed by atoms with van der Waals surface area (Å²) in [7, 11) is 0. The molecule has 3 heterocycles. The number of carbonyl (C=O) groups excluding carboxylic acids is 1. The topological polar surface area (TPSA) is 51.7 Å². The number of cyclic esters (lactones) is 1. The smallest absolute Gasteiger partial charge is 0.306 e. The van der Waals surface area contributed by atoms with Crippen molar-refractivity contribution in [3.05, 3.63) is 33.8 Å². The molecule has 5 heteroatoms. The Hall–Kier alpha value is -1.46. The summed E-state index contributed by atoms with van der Waals surface area (Å²) < 4.78 is 11.8. The molecule has 0 aromatic carbocycles. The molecule has 0 bridgehead atoms. The highest BCUT2D eigenvalue weighted by molar-refractivity contribution is 7.09. The summed E-state index contributed by atoms with van der Waals surface area (Å²) in [6.45, 7) is 8.55. The Bertz CT molecular complexity index is 755. The van der Waals surface area contributed by atoms with Crippen molar-refractivity contribution in [1.82, 2.24) is 4.98 Å². The van der Waals surface area contributed by atoms with E-state index in [1.165, 1.54) is 12.8 Å². The number of fused-ring (bicyclic) bond motifs is 1. The lowest BCUT2D eigenvalue weighted by atomic mass is 9.82. The van der Waals surface area contributed by atoms with Gasteiger partial charge in [0.2, 0.25) is 0 Å². The Balaban J connectivity index is 0.00000320. The number of rotatable bonds is 2. The Labute approximate surface area is 180 Å². The van der Waals surface area contributed by atoms with E-state index >= 15 is 0 Å². The van der Waals surface area contributed by atoms with E-state index in [1.807, 2.05) is 25.3 Å². The van der Waals surface area contributed by atoms with Crippen molar-refractivity contribution in [3.8, 4) is 0 Å². The molecule has 1 aromatic rings. The van der Waals surface area contributed by atoms with E-state index in [4.69, 9.17) is 9.47 Å². The molecule has 2 aliphatic rings. The van der Waals surface area contributed by atoms with Gasteiger partial charge < -0.3 is 9.47 Å². The van der Waals surface area contributed by atoms with Crippen LogP contribution >= 0.6 is 11.3 Å². The highest BCUT2D eigenvalue weighted by atomic mass is 32.1. The molecule has 3 rings (SSSR count). The minimum atomic E-state index is -0.250. The first kappa shape index (κ1) is 22.2. The van der Waals surface area contributed by atoms with Gasteiger partial charge in [-0.1, -0.05) is 32.4 Å². The zero-order chi connectivity index (χ0) is 20.9. The third-order valence-electron chi connectivity index (χ3n) is 5.94. The monoisotopic (exact) mass is 419 g/mol. The molecule has 0 amide bonds. The maximum absolute atomic E-state index is 12.6. The lowest BCUT2D eigenvalue weighted by Crippen LogP contribution is -2.23. The average molecular weight is 420 g/mol. The van der Waals surface area contributed by atoms with Crippen LogP contribution in [0.25, 0.3) is 6.08 Å². The third-order valence-corrected chi connectivity index (χ3v) is 6.73. The highest BCUT2D eigenvalue weighted by Crippen LogP contribution is 2.34. The zero-order valence-corrected chi connectivity index (χ0v) is 19.1. The third kappa shape index (κ3) is 7.38. The molecule has 0 radical (unpaired) electrons. The summed E-state index contributed by atoms with van der Waals surface area (Å²) in [5.74, 6) is -0.102. The molecule has 0 aliphatic carbocycles. The molecule has 3 atom stereocenters. The summed E-state index contributed by atoms with van der Waals surface area (Å²) >= 11 is 1.63. The summed E-state index contributed by atoms with van der Waals surface area (Å²) in [4.78, 5) is 17.2. The Kier molecular flexibility index (Phi) is 7.69. The van der Waals surface area contributed by atoms with Gasteiger partial charge in [0.15, 0.2) is 0 Å². The Morgan fingerprint density at radius 1 is 1.28 bits per heavy atom. The number of carbonyl (C=O) groups is 1. The van der Waals surface area contributed by atoms with Gasteiger partial charge in [0.1, 0.15) is 6.10 Å². The van der Waals surface area contributed by atoms with Crippen molar-refractivity contribution in [3.63, 3.8) is 0 Å². The maximum Gasteiger partial charge on any atom is 0.306 e. The molecule has 29 heavy (non-hydrogen) atoms. The van der Waals surface area contributed by atoms with Gasteiger partial charge in [-0.2, -0.15) is 0 Å². The van der Waals surface area contributed by atoms with Crippen LogP contribution in [0.5, 0.6) is 0 Å². The van der Waals surface area contributed by atoms with Crippen molar-refractivity contribution >= 4 is 23.4 Å². The Morgan fingerprint density at radius 3 is 2.86 bits per heavy atom. The summed E-state index contributed by atoms with van der Waals surface area (Å²) in [6.07, 6.45) is 14.5. The molecule has 2 aliphatic heterocycles. The molecule has 1 aromatic heterocycles. The fourth-order valence-electron chi connectivity index (χ4n) is 3.90. The number of esters is 1. The lowest BCUT2D eigenvalue weighted by Gasteiger charge is -2.25. The number of epoxide rings is 1. The second-order valence-corrected chi connectivity index (χ2v) is 10.3. The van der Waals surface area contributed by atoms with Crippen molar-refractivity contribution < 1.29 is 15.7 Å². The number of hydrogen-bond acceptors (Lipinski definition) is 5. The first-order chi connectivity index (χ1) is 13.8. The molecule has 4 nitrogen and oxygen atoms in total. The summed E-state index contributed by atoms with van der Waals surface area (Å²) in [5, 5.41) is 3.08. The highest BCUT2D eigenvalue weighted by Gasteiger charge is 2.40. The summed E-state index contributed by atoms with van der Waals surface area (Å²) in [5.41, 5.74) is 2.14. The van der Waals surface area contributed by atoms with E-state index in [0.717, 1.165) is 48.4 Å². The van der Waals surface area contributed by atoms with Gasteiger partial charge in [-0.05, 0) is 63.0 Å². The summed E-state index contributed by atoms with van der Waals surface area (Å²) in [6, 6.07) is 0. The normalized spacial score (nSPS) is 30.3. The van der Waals surface area contributed by atoms with Gasteiger partial charge in [-0.15, -0.1) is 11.3 Å². The number of nitrogens with zero attached hydrogens (tertiary/aromatic N) is 1. The van der Waals surface area contributed by atoms with Crippen LogP contribution in [0.3, 0.4) is 0 Å². The van der Waals surface area contributed by atoms with E-state index in [-0.39, 0.29) is 31.1 Å². The van der Waals surface area contributed by atoms with E-state index < -0.39 is 0 Å². The largest absolute Gasteiger partial charge is 0.458 e. The van der Waals surface area contributed by atoms with Crippen LogP contribution in [-0.4, -0.2) is 29.3 Å². The molecule has 162 valence electrons. The van der Waals surface area contributed by atoms with Crippen LogP contribution < -0.4 is 0 Å². The number of thiazole rings is 1. The van der Waals surface area contributed by atoms with Crippen LogP contribution in [0.2, 0.25) is 0 Å². The van der Waals surface area contributed by atoms with Crippen LogP contribution in [0, 0.1) is 12.3 Å². The Morgan fingerprint density at radius 2 is 2.10 bits per heavy atom. The molecule has 0 spiro atoms. The van der Waals surface area contributed by atoms with Crippen LogP contribution in [0.1, 0.15) is 84.3 Å². The van der Waals surface area contributed by atoms with Crippen LogP contribution in [0.15, 0.2) is 23.1 Å². The standard InChI is InChI=1S/C24H35NO3S.H2/c1-17(14-19-16-29-18(2)25-19)21-15-22-20(27-22)10-8-6-5-7-9-12-24(3,4)13-11-23(26)28-21;/h6,8,14,16,20-22H,5,7,9-13,15H2,1-4H3;1H/b8-6-,17-14+;/t20-,21+,22?;/m1./s1. The van der Waals surface area contributed by atoms with E-state index in [2.05, 4.69) is 31.0 Å². The fraction of sp³-hybridized carbons (Fsp3) is 0.667. The van der Waals surface area contributed by atoms with Gasteiger partial charge in [0.05, 0.1) is 22.9 Å². The van der Waals surface area contributed by atoms with Crippen LogP contribution in [-0.2, 0) is 14.3 Å². The number of ether oxygens (including phenoxy) is 2. The van der Waals surface area contributed by atoms with Crippen molar-refractivity contribution in [2.24, 2.45) is 5.41 Å². The predicted molar refractivity (Wildman–Crippen MR) is 121 cm³/mol. The molecule has 1 saturated heterocycles. The van der Waals surface area contributed by atoms with Gasteiger partial charge in [0, 0.05) is 19.6 Å². The van der Waals surface area contributed by atoms with E-state index in [0.29, 0.717) is 6.42 Å². The number of hydrogen-bond donors (Lipinski definition) is 0. The first-order valence-corrected chi connectivity index (χ1v) is 11.8. The number of allylic oxidation sites excluding steroid dienone is 1. The van der Waals surface area contributed by atoms with Crippen LogP contribution in [0.4, 0.5) is 0 Å². The van der Waals surface area contributed by atoms with E-state index in [1.54, 1.807) is 11.3 Å². The maximum atomic E-state index is 12.6. The van der Waals surface area contributed by atoms with E-state index in [9.17, 15) is 4.79 Å². The fourth-order valence-corrected chi connectivity index (χ4v) is 4.47. The molecule has 0 N–H and O–H groups in total. The quantitative estimate of drug-likeness (QED) is 0.312. The SMILES string of the molecule is C/C(=C\c1csc(C)n1)[C@@H]1CC2O[C@@H]2C/C=C\CCCCC(C)(C)CCC(=O)O1.[HH]. The second kappa shape index (κ2) is 10.0. The predicted octanol–water partition coefficient (Wildman–Crippen LogP) is 6.50. The van der Waals surface area contributed by atoms with Crippen molar-refractivity contribution in [2.75, 3.05) is 0 Å². The minimum Gasteiger partial charge on any atom is -0.458 e. The van der Waals surface area contributed by atoms with Crippen molar-refractivity contribution in [2.45, 2.75) is 97.4 Å². The molecule has 0 saturated carbocycles. The molecule has 1 unspecified atom stereocenters. The number of aromatic nitrogens is 1. The van der Waals surface area contributed by atoms with Crippen molar-refractivity contribution in [1.29, 1.82) is 0 Å². The first-order valence-electron chi connectivity index (χ1n) is 10.9. The van der Waals surface area contributed by atoms with Gasteiger partial charge in [0.25, 0.3) is 0 Å². The van der Waals surface area contributed by atoms with Gasteiger partial charge in [-0.3, -0.25) is 4.79 Å².